The van der Waals surface area contributed by atoms with Crippen LogP contribution >= 0.6 is 0 Å². The SMILES string of the molecule is CCNc1cc(-c2ccncc2)nc(N[C@H](CO)C(C)C)n1. The quantitative estimate of drug-likeness (QED) is 0.728. The van der Waals surface area contributed by atoms with Crippen LogP contribution in [0.4, 0.5) is 11.8 Å². The van der Waals surface area contributed by atoms with Crippen LogP contribution in [-0.2, 0) is 0 Å². The second-order valence-electron chi connectivity index (χ2n) is 5.41. The highest BCUT2D eigenvalue weighted by molar-refractivity contribution is 5.63. The van der Waals surface area contributed by atoms with Gasteiger partial charge in [0.05, 0.1) is 18.3 Å². The van der Waals surface area contributed by atoms with E-state index in [0.29, 0.717) is 5.95 Å². The molecule has 3 N–H and O–H groups in total. The highest BCUT2D eigenvalue weighted by Crippen LogP contribution is 2.21. The molecule has 0 fully saturated rings. The van der Waals surface area contributed by atoms with Gasteiger partial charge in [-0.2, -0.15) is 4.98 Å². The first-order chi connectivity index (χ1) is 10.6. The lowest BCUT2D eigenvalue weighted by molar-refractivity contribution is 0.248. The van der Waals surface area contributed by atoms with Gasteiger partial charge in [0.2, 0.25) is 5.95 Å². The van der Waals surface area contributed by atoms with Gasteiger partial charge in [0.15, 0.2) is 0 Å². The molecule has 0 aromatic carbocycles. The molecule has 22 heavy (non-hydrogen) atoms. The molecule has 2 rings (SSSR count). The average molecular weight is 301 g/mol. The van der Waals surface area contributed by atoms with Gasteiger partial charge in [-0.3, -0.25) is 4.98 Å². The van der Waals surface area contributed by atoms with Crippen molar-refractivity contribution >= 4 is 11.8 Å². The number of rotatable bonds is 7. The third-order valence-corrected chi connectivity index (χ3v) is 3.38. The molecule has 2 heterocycles. The molecule has 0 unspecified atom stereocenters. The van der Waals surface area contributed by atoms with Crippen LogP contribution < -0.4 is 10.6 Å². The van der Waals surface area contributed by atoms with Gasteiger partial charge in [0.1, 0.15) is 5.82 Å². The number of aliphatic hydroxyl groups excluding tert-OH is 1. The fourth-order valence-corrected chi connectivity index (χ4v) is 2.04. The standard InChI is InChI=1S/C16H23N5O/c1-4-18-15-9-13(12-5-7-17-8-6-12)19-16(21-15)20-14(10-22)11(2)3/h5-9,11,14,22H,4,10H2,1-3H3,(H2,18,19,20,21)/t14-/m1/s1. The third kappa shape index (κ3) is 4.14. The van der Waals surface area contributed by atoms with Crippen molar-refractivity contribution in [3.05, 3.63) is 30.6 Å². The second-order valence-corrected chi connectivity index (χ2v) is 5.41. The van der Waals surface area contributed by atoms with Crippen molar-refractivity contribution in [3.63, 3.8) is 0 Å². The van der Waals surface area contributed by atoms with E-state index in [-0.39, 0.29) is 18.6 Å². The summed E-state index contributed by atoms with van der Waals surface area (Å²) in [7, 11) is 0. The predicted octanol–water partition coefficient (Wildman–Crippen LogP) is 2.40. The summed E-state index contributed by atoms with van der Waals surface area (Å²) >= 11 is 0. The number of aromatic nitrogens is 3. The maximum Gasteiger partial charge on any atom is 0.225 e. The summed E-state index contributed by atoms with van der Waals surface area (Å²) in [6, 6.07) is 5.65. The summed E-state index contributed by atoms with van der Waals surface area (Å²) in [5.74, 6) is 1.55. The molecule has 0 saturated heterocycles. The van der Waals surface area contributed by atoms with Gasteiger partial charge in [-0.05, 0) is 25.0 Å². The first-order valence-electron chi connectivity index (χ1n) is 7.54. The fraction of sp³-hybridized carbons (Fsp3) is 0.438. The number of nitrogens with one attached hydrogen (secondary N) is 2. The van der Waals surface area contributed by atoms with Crippen LogP contribution in [0, 0.1) is 5.92 Å². The van der Waals surface area contributed by atoms with E-state index in [2.05, 4.69) is 25.6 Å². The summed E-state index contributed by atoms with van der Waals surface area (Å²) in [6.07, 6.45) is 3.48. The minimum atomic E-state index is -0.0813. The Labute approximate surface area is 131 Å². The molecular weight excluding hydrogens is 278 g/mol. The van der Waals surface area contributed by atoms with E-state index < -0.39 is 0 Å². The number of pyridine rings is 1. The van der Waals surface area contributed by atoms with Crippen molar-refractivity contribution in [1.82, 2.24) is 15.0 Å². The van der Waals surface area contributed by atoms with Crippen molar-refractivity contribution < 1.29 is 5.11 Å². The van der Waals surface area contributed by atoms with Crippen LogP contribution in [0.1, 0.15) is 20.8 Å². The van der Waals surface area contributed by atoms with E-state index in [9.17, 15) is 5.11 Å². The van der Waals surface area contributed by atoms with Gasteiger partial charge in [0, 0.05) is 30.6 Å². The monoisotopic (exact) mass is 301 g/mol. The van der Waals surface area contributed by atoms with Gasteiger partial charge >= 0.3 is 0 Å². The lowest BCUT2D eigenvalue weighted by atomic mass is 10.1. The van der Waals surface area contributed by atoms with Gasteiger partial charge in [-0.25, -0.2) is 4.98 Å². The predicted molar refractivity (Wildman–Crippen MR) is 88.8 cm³/mol. The molecule has 0 bridgehead atoms. The number of hydrogen-bond donors (Lipinski definition) is 3. The van der Waals surface area contributed by atoms with E-state index >= 15 is 0 Å². The molecule has 0 aliphatic heterocycles. The maximum absolute atomic E-state index is 9.47. The minimum absolute atomic E-state index is 0.0387. The van der Waals surface area contributed by atoms with E-state index in [0.717, 1.165) is 23.6 Å². The normalized spacial score (nSPS) is 12.2. The highest BCUT2D eigenvalue weighted by Gasteiger charge is 2.14. The molecular formula is C16H23N5O. The Balaban J connectivity index is 2.35. The van der Waals surface area contributed by atoms with E-state index in [4.69, 9.17) is 0 Å². The minimum Gasteiger partial charge on any atom is -0.394 e. The molecule has 0 radical (unpaired) electrons. The van der Waals surface area contributed by atoms with Crippen molar-refractivity contribution in [2.45, 2.75) is 26.8 Å². The summed E-state index contributed by atoms with van der Waals surface area (Å²) in [4.78, 5) is 13.0. The second kappa shape index (κ2) is 7.70. The number of hydrogen-bond acceptors (Lipinski definition) is 6. The molecule has 0 amide bonds. The summed E-state index contributed by atoms with van der Waals surface area (Å²) in [5, 5.41) is 15.9. The van der Waals surface area contributed by atoms with E-state index in [1.165, 1.54) is 0 Å². The molecule has 0 spiro atoms. The van der Waals surface area contributed by atoms with Crippen molar-refractivity contribution in [3.8, 4) is 11.3 Å². The lowest BCUT2D eigenvalue weighted by Gasteiger charge is -2.20. The van der Waals surface area contributed by atoms with Crippen LogP contribution in [0.15, 0.2) is 30.6 Å². The Morgan fingerprint density at radius 1 is 1.18 bits per heavy atom. The Morgan fingerprint density at radius 2 is 1.91 bits per heavy atom. The maximum atomic E-state index is 9.47. The first-order valence-corrected chi connectivity index (χ1v) is 7.54. The number of anilines is 2. The molecule has 0 aliphatic carbocycles. The summed E-state index contributed by atoms with van der Waals surface area (Å²) < 4.78 is 0. The molecule has 118 valence electrons. The zero-order valence-electron chi connectivity index (χ0n) is 13.2. The van der Waals surface area contributed by atoms with Crippen LogP contribution in [0.2, 0.25) is 0 Å². The number of aliphatic hydroxyl groups is 1. The first kappa shape index (κ1) is 16.2. The van der Waals surface area contributed by atoms with Crippen LogP contribution in [0.3, 0.4) is 0 Å². The largest absolute Gasteiger partial charge is 0.394 e. The van der Waals surface area contributed by atoms with E-state index in [1.54, 1.807) is 12.4 Å². The lowest BCUT2D eigenvalue weighted by Crippen LogP contribution is -2.30. The van der Waals surface area contributed by atoms with Crippen LogP contribution in [0.5, 0.6) is 0 Å². The van der Waals surface area contributed by atoms with Crippen LogP contribution in [-0.4, -0.2) is 39.3 Å². The van der Waals surface area contributed by atoms with Crippen molar-refractivity contribution in [1.29, 1.82) is 0 Å². The fourth-order valence-electron chi connectivity index (χ4n) is 2.04. The highest BCUT2D eigenvalue weighted by atomic mass is 16.3. The van der Waals surface area contributed by atoms with Crippen LogP contribution in [0.25, 0.3) is 11.3 Å². The van der Waals surface area contributed by atoms with Gasteiger partial charge in [-0.1, -0.05) is 13.8 Å². The molecule has 6 nitrogen and oxygen atoms in total. The number of nitrogens with zero attached hydrogens (tertiary/aromatic N) is 3. The molecule has 6 heteroatoms. The Bertz CT molecular complexity index is 588. The zero-order valence-corrected chi connectivity index (χ0v) is 13.2. The van der Waals surface area contributed by atoms with Gasteiger partial charge < -0.3 is 15.7 Å². The molecule has 2 aromatic heterocycles. The third-order valence-electron chi connectivity index (χ3n) is 3.38. The Morgan fingerprint density at radius 3 is 2.50 bits per heavy atom. The smallest absolute Gasteiger partial charge is 0.225 e. The average Bonchev–Trinajstić information content (AvgIpc) is 2.53. The van der Waals surface area contributed by atoms with Crippen molar-refractivity contribution in [2.24, 2.45) is 5.92 Å². The summed E-state index contributed by atoms with van der Waals surface area (Å²) in [6.45, 7) is 6.93. The van der Waals surface area contributed by atoms with Gasteiger partial charge in [-0.15, -0.1) is 0 Å². The Kier molecular flexibility index (Phi) is 5.66. The van der Waals surface area contributed by atoms with E-state index in [1.807, 2.05) is 39.0 Å². The zero-order chi connectivity index (χ0) is 15.9. The van der Waals surface area contributed by atoms with Crippen molar-refractivity contribution in [2.75, 3.05) is 23.8 Å². The Hall–Kier alpha value is -2.21. The molecule has 0 saturated carbocycles. The molecule has 2 aromatic rings. The topological polar surface area (TPSA) is 83.0 Å². The molecule has 1 atom stereocenters. The molecule has 0 aliphatic rings. The van der Waals surface area contributed by atoms with Gasteiger partial charge in [0.25, 0.3) is 0 Å². The summed E-state index contributed by atoms with van der Waals surface area (Å²) in [5.41, 5.74) is 1.79.